The van der Waals surface area contributed by atoms with Crippen LogP contribution in [0, 0.1) is 5.92 Å². The Kier molecular flexibility index (Phi) is 3.79. The highest BCUT2D eigenvalue weighted by Gasteiger charge is 2.09. The number of nitrogens with one attached hydrogen (secondary N) is 1. The first kappa shape index (κ1) is 12.5. The molecule has 0 saturated heterocycles. The number of carbonyl (C=O) groups is 1. The Bertz CT molecular complexity index is 550. The lowest BCUT2D eigenvalue weighted by atomic mass is 10.1. The van der Waals surface area contributed by atoms with Crippen LogP contribution in [0.5, 0.6) is 0 Å². The molecule has 3 nitrogen and oxygen atoms in total. The molecule has 0 fully saturated rings. The van der Waals surface area contributed by atoms with Crippen LogP contribution in [0.1, 0.15) is 20.3 Å². The van der Waals surface area contributed by atoms with E-state index in [0.29, 0.717) is 17.5 Å². The molecule has 1 aromatic heterocycles. The second-order valence-corrected chi connectivity index (χ2v) is 6.22. The molecule has 0 spiro atoms. The van der Waals surface area contributed by atoms with Crippen LogP contribution in [0.4, 0.5) is 5.13 Å². The Labute approximate surface area is 112 Å². The number of halogens is 1. The van der Waals surface area contributed by atoms with Gasteiger partial charge in [-0.15, -0.1) is 0 Å². The topological polar surface area (TPSA) is 42.0 Å². The van der Waals surface area contributed by atoms with E-state index in [-0.39, 0.29) is 5.91 Å². The van der Waals surface area contributed by atoms with Gasteiger partial charge < -0.3 is 5.32 Å². The second-order valence-electron chi connectivity index (χ2n) is 4.28. The number of fused-ring (bicyclic) bond motifs is 1. The number of benzene rings is 1. The molecular formula is C12H13BrN2OS. The number of nitrogens with zero attached hydrogens (tertiary/aromatic N) is 1. The summed E-state index contributed by atoms with van der Waals surface area (Å²) in [5, 5.41) is 3.51. The van der Waals surface area contributed by atoms with Crippen LogP contribution in [0.25, 0.3) is 10.2 Å². The normalized spacial score (nSPS) is 11.1. The second kappa shape index (κ2) is 5.14. The number of anilines is 1. The number of thiazole rings is 1. The van der Waals surface area contributed by atoms with E-state index in [0.717, 1.165) is 14.7 Å². The van der Waals surface area contributed by atoms with E-state index in [2.05, 4.69) is 26.2 Å². The maximum atomic E-state index is 11.6. The van der Waals surface area contributed by atoms with Crippen LogP contribution >= 0.6 is 27.3 Å². The first-order valence-corrected chi connectivity index (χ1v) is 7.01. The molecule has 0 aliphatic rings. The summed E-state index contributed by atoms with van der Waals surface area (Å²) >= 11 is 4.91. The summed E-state index contributed by atoms with van der Waals surface area (Å²) in [5.74, 6) is 0.386. The zero-order valence-electron chi connectivity index (χ0n) is 9.66. The lowest BCUT2D eigenvalue weighted by Gasteiger charge is -2.03. The predicted octanol–water partition coefficient (Wildman–Crippen LogP) is 4.04. The summed E-state index contributed by atoms with van der Waals surface area (Å²) in [6.45, 7) is 4.05. The summed E-state index contributed by atoms with van der Waals surface area (Å²) in [5.41, 5.74) is 0.915. The minimum absolute atomic E-state index is 0.0260. The molecule has 0 aliphatic carbocycles. The first-order chi connectivity index (χ1) is 8.04. The smallest absolute Gasteiger partial charge is 0.226 e. The minimum Gasteiger partial charge on any atom is -0.302 e. The van der Waals surface area contributed by atoms with Crippen molar-refractivity contribution in [3.8, 4) is 0 Å². The van der Waals surface area contributed by atoms with E-state index in [1.807, 2.05) is 32.0 Å². The van der Waals surface area contributed by atoms with Gasteiger partial charge >= 0.3 is 0 Å². The molecule has 0 radical (unpaired) electrons. The van der Waals surface area contributed by atoms with Crippen molar-refractivity contribution in [3.05, 3.63) is 22.7 Å². The molecule has 90 valence electrons. The molecule has 1 amide bonds. The minimum atomic E-state index is 0.0260. The van der Waals surface area contributed by atoms with Crippen molar-refractivity contribution in [2.75, 3.05) is 5.32 Å². The highest BCUT2D eigenvalue weighted by atomic mass is 79.9. The average Bonchev–Trinajstić information content (AvgIpc) is 2.57. The van der Waals surface area contributed by atoms with Crippen LogP contribution in [0.2, 0.25) is 0 Å². The first-order valence-electron chi connectivity index (χ1n) is 5.40. The number of hydrogen-bond donors (Lipinski definition) is 1. The van der Waals surface area contributed by atoms with Crippen molar-refractivity contribution in [1.82, 2.24) is 4.98 Å². The fourth-order valence-corrected chi connectivity index (χ4v) is 2.93. The van der Waals surface area contributed by atoms with Crippen molar-refractivity contribution < 1.29 is 4.79 Å². The van der Waals surface area contributed by atoms with Gasteiger partial charge in [0.25, 0.3) is 0 Å². The molecular weight excluding hydrogens is 300 g/mol. The van der Waals surface area contributed by atoms with Crippen molar-refractivity contribution in [2.45, 2.75) is 20.3 Å². The largest absolute Gasteiger partial charge is 0.302 e. The summed E-state index contributed by atoms with van der Waals surface area (Å²) in [7, 11) is 0. The van der Waals surface area contributed by atoms with Crippen LogP contribution in [-0.4, -0.2) is 10.9 Å². The zero-order valence-corrected chi connectivity index (χ0v) is 12.1. The average molecular weight is 313 g/mol. The Morgan fingerprint density at radius 1 is 1.53 bits per heavy atom. The lowest BCUT2D eigenvalue weighted by Crippen LogP contribution is -2.13. The number of amides is 1. The SMILES string of the molecule is CC(C)CC(=O)Nc1nc2ccc(Br)cc2s1. The highest BCUT2D eigenvalue weighted by molar-refractivity contribution is 9.10. The zero-order chi connectivity index (χ0) is 12.4. The molecule has 0 saturated carbocycles. The van der Waals surface area contributed by atoms with Gasteiger partial charge in [0.1, 0.15) is 0 Å². The fourth-order valence-electron chi connectivity index (χ4n) is 1.49. The maximum absolute atomic E-state index is 11.6. The van der Waals surface area contributed by atoms with E-state index >= 15 is 0 Å². The van der Waals surface area contributed by atoms with E-state index < -0.39 is 0 Å². The Balaban J connectivity index is 2.17. The van der Waals surface area contributed by atoms with E-state index in [9.17, 15) is 4.79 Å². The Hall–Kier alpha value is -0.940. The monoisotopic (exact) mass is 312 g/mol. The summed E-state index contributed by atoms with van der Waals surface area (Å²) in [4.78, 5) is 16.0. The molecule has 2 rings (SSSR count). The standard InChI is InChI=1S/C12H13BrN2OS/c1-7(2)5-11(16)15-12-14-9-4-3-8(13)6-10(9)17-12/h3-4,6-7H,5H2,1-2H3,(H,14,15,16). The predicted molar refractivity (Wildman–Crippen MR) is 75.4 cm³/mol. The van der Waals surface area contributed by atoms with Gasteiger partial charge in [0.05, 0.1) is 10.2 Å². The van der Waals surface area contributed by atoms with E-state index in [1.165, 1.54) is 11.3 Å². The molecule has 2 aromatic rings. The molecule has 0 atom stereocenters. The van der Waals surface area contributed by atoms with Gasteiger partial charge in [0, 0.05) is 10.9 Å². The van der Waals surface area contributed by atoms with Crippen molar-refractivity contribution in [1.29, 1.82) is 0 Å². The number of aromatic nitrogens is 1. The molecule has 1 heterocycles. The van der Waals surface area contributed by atoms with Crippen molar-refractivity contribution in [3.63, 3.8) is 0 Å². The third-order valence-electron chi connectivity index (χ3n) is 2.19. The Morgan fingerprint density at radius 2 is 2.29 bits per heavy atom. The van der Waals surface area contributed by atoms with Crippen LogP contribution in [0.15, 0.2) is 22.7 Å². The van der Waals surface area contributed by atoms with Crippen molar-refractivity contribution in [2.24, 2.45) is 5.92 Å². The number of rotatable bonds is 3. The van der Waals surface area contributed by atoms with Crippen molar-refractivity contribution >= 4 is 48.5 Å². The Morgan fingerprint density at radius 3 is 3.00 bits per heavy atom. The molecule has 0 aliphatic heterocycles. The van der Waals surface area contributed by atoms with Gasteiger partial charge in [-0.3, -0.25) is 4.79 Å². The van der Waals surface area contributed by atoms with Gasteiger partial charge in [0.2, 0.25) is 5.91 Å². The summed E-state index contributed by atoms with van der Waals surface area (Å²) < 4.78 is 2.09. The molecule has 0 unspecified atom stereocenters. The van der Waals surface area contributed by atoms with E-state index in [1.54, 1.807) is 0 Å². The van der Waals surface area contributed by atoms with Crippen LogP contribution < -0.4 is 5.32 Å². The van der Waals surface area contributed by atoms with E-state index in [4.69, 9.17) is 0 Å². The maximum Gasteiger partial charge on any atom is 0.226 e. The van der Waals surface area contributed by atoms with Crippen LogP contribution in [0.3, 0.4) is 0 Å². The van der Waals surface area contributed by atoms with Gasteiger partial charge in [-0.25, -0.2) is 4.98 Å². The van der Waals surface area contributed by atoms with Gasteiger partial charge in [-0.2, -0.15) is 0 Å². The van der Waals surface area contributed by atoms with Gasteiger partial charge in [-0.1, -0.05) is 41.1 Å². The third-order valence-corrected chi connectivity index (χ3v) is 3.62. The number of hydrogen-bond acceptors (Lipinski definition) is 3. The third kappa shape index (κ3) is 3.26. The summed E-state index contributed by atoms with van der Waals surface area (Å²) in [6, 6.07) is 5.89. The molecule has 1 N–H and O–H groups in total. The van der Waals surface area contributed by atoms with Gasteiger partial charge in [-0.05, 0) is 24.1 Å². The summed E-state index contributed by atoms with van der Waals surface area (Å²) in [6.07, 6.45) is 0.527. The molecule has 5 heteroatoms. The number of carbonyl (C=O) groups excluding carboxylic acids is 1. The van der Waals surface area contributed by atoms with Gasteiger partial charge in [0.15, 0.2) is 5.13 Å². The molecule has 0 bridgehead atoms. The molecule has 1 aromatic carbocycles. The molecule has 17 heavy (non-hydrogen) atoms. The quantitative estimate of drug-likeness (QED) is 0.929. The lowest BCUT2D eigenvalue weighted by molar-refractivity contribution is -0.116. The highest BCUT2D eigenvalue weighted by Crippen LogP contribution is 2.28. The van der Waals surface area contributed by atoms with Crippen LogP contribution in [-0.2, 0) is 4.79 Å². The fraction of sp³-hybridized carbons (Fsp3) is 0.333.